The molecule has 0 fully saturated rings. The molecule has 0 radical (unpaired) electrons. The summed E-state index contributed by atoms with van der Waals surface area (Å²) in [5, 5.41) is 11.1. The fourth-order valence-electron chi connectivity index (χ4n) is 2.21. The fraction of sp³-hybridized carbons (Fsp3) is 0.444. The average molecular weight is 376 g/mol. The van der Waals surface area contributed by atoms with E-state index in [2.05, 4.69) is 15.5 Å². The van der Waals surface area contributed by atoms with Gasteiger partial charge in [-0.25, -0.2) is 0 Å². The second-order valence-corrected chi connectivity index (χ2v) is 7.08. The molecule has 1 N–H and O–H groups in total. The molecule has 1 heterocycles. The molecule has 26 heavy (non-hydrogen) atoms. The molecule has 140 valence electrons. The average Bonchev–Trinajstić information content (AvgIpc) is 3.06. The number of benzene rings is 1. The lowest BCUT2D eigenvalue weighted by Gasteiger charge is -2.20. The quantitative estimate of drug-likeness (QED) is 0.712. The summed E-state index contributed by atoms with van der Waals surface area (Å²) in [7, 11) is 0. The predicted octanol–water partition coefficient (Wildman–Crippen LogP) is 2.51. The molecule has 7 nitrogen and oxygen atoms in total. The standard InChI is InChI=1S/C18H24N4O3S/c1-5-22(10-15(23)19-12(2)3)16(24)11-26-18-21-20-17(25-18)14-8-6-13(4)7-9-14/h6-9,12H,5,10-11H2,1-4H3,(H,19,23). The predicted molar refractivity (Wildman–Crippen MR) is 101 cm³/mol. The molecule has 0 unspecified atom stereocenters. The highest BCUT2D eigenvalue weighted by Crippen LogP contribution is 2.23. The van der Waals surface area contributed by atoms with Gasteiger partial charge in [-0.1, -0.05) is 29.5 Å². The van der Waals surface area contributed by atoms with Gasteiger partial charge in [-0.05, 0) is 39.8 Å². The second kappa shape index (κ2) is 9.38. The van der Waals surface area contributed by atoms with E-state index in [0.29, 0.717) is 17.7 Å². The first kappa shape index (κ1) is 20.0. The number of thioether (sulfide) groups is 1. The van der Waals surface area contributed by atoms with Gasteiger partial charge in [0.05, 0.1) is 12.3 Å². The molecule has 1 aromatic heterocycles. The molecule has 0 bridgehead atoms. The summed E-state index contributed by atoms with van der Waals surface area (Å²) < 4.78 is 5.60. The van der Waals surface area contributed by atoms with Gasteiger partial charge in [-0.2, -0.15) is 0 Å². The highest BCUT2D eigenvalue weighted by Gasteiger charge is 2.18. The van der Waals surface area contributed by atoms with Gasteiger partial charge in [-0.3, -0.25) is 9.59 Å². The molecule has 1 aromatic carbocycles. The van der Waals surface area contributed by atoms with E-state index in [1.165, 1.54) is 16.7 Å². The van der Waals surface area contributed by atoms with Crippen molar-refractivity contribution in [2.75, 3.05) is 18.8 Å². The van der Waals surface area contributed by atoms with Crippen LogP contribution in [0, 0.1) is 6.92 Å². The van der Waals surface area contributed by atoms with Crippen LogP contribution in [-0.4, -0.2) is 51.8 Å². The Labute approximate surface area is 157 Å². The highest BCUT2D eigenvalue weighted by molar-refractivity contribution is 7.99. The molecule has 0 spiro atoms. The summed E-state index contributed by atoms with van der Waals surface area (Å²) in [6.45, 7) is 8.12. The van der Waals surface area contributed by atoms with E-state index < -0.39 is 0 Å². The Morgan fingerprint density at radius 3 is 2.54 bits per heavy atom. The smallest absolute Gasteiger partial charge is 0.277 e. The van der Waals surface area contributed by atoms with Crippen LogP contribution >= 0.6 is 11.8 Å². The number of rotatable bonds is 8. The normalized spacial score (nSPS) is 10.8. The number of carbonyl (C=O) groups excluding carboxylic acids is 2. The van der Waals surface area contributed by atoms with Crippen molar-refractivity contribution in [3.8, 4) is 11.5 Å². The number of likely N-dealkylation sites (N-methyl/N-ethyl adjacent to an activating group) is 1. The topological polar surface area (TPSA) is 88.3 Å². The molecule has 0 aliphatic heterocycles. The Balaban J connectivity index is 1.90. The molecule has 2 aromatic rings. The Bertz CT molecular complexity index is 743. The maximum Gasteiger partial charge on any atom is 0.277 e. The van der Waals surface area contributed by atoms with Crippen LogP contribution in [0.4, 0.5) is 0 Å². The van der Waals surface area contributed by atoms with Gasteiger partial charge in [0.25, 0.3) is 5.22 Å². The first-order chi connectivity index (χ1) is 12.4. The van der Waals surface area contributed by atoms with Crippen molar-refractivity contribution in [1.29, 1.82) is 0 Å². The minimum atomic E-state index is -0.167. The molecule has 2 amide bonds. The molecule has 2 rings (SSSR count). The van der Waals surface area contributed by atoms with Gasteiger partial charge in [0.2, 0.25) is 17.7 Å². The molecular formula is C18H24N4O3S. The lowest BCUT2D eigenvalue weighted by molar-refractivity contribution is -0.134. The van der Waals surface area contributed by atoms with Crippen molar-refractivity contribution in [2.24, 2.45) is 0 Å². The van der Waals surface area contributed by atoms with Gasteiger partial charge in [0, 0.05) is 18.2 Å². The zero-order valence-electron chi connectivity index (χ0n) is 15.5. The van der Waals surface area contributed by atoms with Gasteiger partial charge >= 0.3 is 0 Å². The Kier molecular flexibility index (Phi) is 7.20. The van der Waals surface area contributed by atoms with Crippen molar-refractivity contribution < 1.29 is 14.0 Å². The van der Waals surface area contributed by atoms with Crippen LogP contribution in [-0.2, 0) is 9.59 Å². The van der Waals surface area contributed by atoms with Crippen molar-refractivity contribution in [3.63, 3.8) is 0 Å². The van der Waals surface area contributed by atoms with E-state index in [0.717, 1.165) is 11.1 Å². The van der Waals surface area contributed by atoms with E-state index in [1.807, 2.05) is 52.0 Å². The number of aryl methyl sites for hydroxylation is 1. The molecule has 0 aliphatic carbocycles. The van der Waals surface area contributed by atoms with Crippen LogP contribution in [0.15, 0.2) is 33.9 Å². The maximum absolute atomic E-state index is 12.3. The fourth-order valence-corrected chi connectivity index (χ4v) is 2.88. The second-order valence-electron chi connectivity index (χ2n) is 6.16. The summed E-state index contributed by atoms with van der Waals surface area (Å²) in [6, 6.07) is 7.81. The van der Waals surface area contributed by atoms with Crippen LogP contribution in [0.2, 0.25) is 0 Å². The third-order valence-corrected chi connectivity index (χ3v) is 4.35. The van der Waals surface area contributed by atoms with Crippen molar-refractivity contribution in [3.05, 3.63) is 29.8 Å². The Hall–Kier alpha value is -2.35. The molecule has 8 heteroatoms. The minimum absolute atomic E-state index is 0.0456. The minimum Gasteiger partial charge on any atom is -0.411 e. The lowest BCUT2D eigenvalue weighted by Crippen LogP contribution is -2.43. The van der Waals surface area contributed by atoms with E-state index in [9.17, 15) is 9.59 Å². The summed E-state index contributed by atoms with van der Waals surface area (Å²) >= 11 is 1.17. The molecular weight excluding hydrogens is 352 g/mol. The first-order valence-electron chi connectivity index (χ1n) is 8.49. The summed E-state index contributed by atoms with van der Waals surface area (Å²) in [5.74, 6) is 0.243. The summed E-state index contributed by atoms with van der Waals surface area (Å²) in [6.07, 6.45) is 0. The van der Waals surface area contributed by atoms with Gasteiger partial charge in [-0.15, -0.1) is 10.2 Å². The van der Waals surface area contributed by atoms with E-state index >= 15 is 0 Å². The van der Waals surface area contributed by atoms with E-state index in [4.69, 9.17) is 4.42 Å². The van der Waals surface area contributed by atoms with Crippen LogP contribution in [0.1, 0.15) is 26.3 Å². The molecule has 0 aliphatic rings. The largest absolute Gasteiger partial charge is 0.411 e. The number of nitrogens with zero attached hydrogens (tertiary/aromatic N) is 3. The van der Waals surface area contributed by atoms with Crippen molar-refractivity contribution in [2.45, 2.75) is 39.0 Å². The zero-order chi connectivity index (χ0) is 19.1. The van der Waals surface area contributed by atoms with Gasteiger partial charge in [0.1, 0.15) is 0 Å². The number of carbonyl (C=O) groups is 2. The summed E-state index contributed by atoms with van der Waals surface area (Å²) in [5.41, 5.74) is 1.98. The molecule has 0 atom stereocenters. The first-order valence-corrected chi connectivity index (χ1v) is 9.48. The van der Waals surface area contributed by atoms with Crippen LogP contribution in [0.3, 0.4) is 0 Å². The number of hydrogen-bond acceptors (Lipinski definition) is 6. The van der Waals surface area contributed by atoms with Crippen LogP contribution < -0.4 is 5.32 Å². The summed E-state index contributed by atoms with van der Waals surface area (Å²) in [4.78, 5) is 25.7. The Morgan fingerprint density at radius 1 is 1.23 bits per heavy atom. The van der Waals surface area contributed by atoms with E-state index in [-0.39, 0.29) is 30.2 Å². The number of aromatic nitrogens is 2. The third-order valence-electron chi connectivity index (χ3n) is 3.54. The number of hydrogen-bond donors (Lipinski definition) is 1. The van der Waals surface area contributed by atoms with Gasteiger partial charge < -0.3 is 14.6 Å². The van der Waals surface area contributed by atoms with Crippen LogP contribution in [0.25, 0.3) is 11.5 Å². The Morgan fingerprint density at radius 2 is 1.92 bits per heavy atom. The maximum atomic E-state index is 12.3. The van der Waals surface area contributed by atoms with E-state index in [1.54, 1.807) is 0 Å². The van der Waals surface area contributed by atoms with Gasteiger partial charge in [0.15, 0.2) is 0 Å². The third kappa shape index (κ3) is 5.87. The molecule has 0 saturated heterocycles. The van der Waals surface area contributed by atoms with Crippen LogP contribution in [0.5, 0.6) is 0 Å². The van der Waals surface area contributed by atoms with Crippen molar-refractivity contribution >= 4 is 23.6 Å². The molecule has 0 saturated carbocycles. The zero-order valence-corrected chi connectivity index (χ0v) is 16.3. The van der Waals surface area contributed by atoms with Crippen molar-refractivity contribution in [1.82, 2.24) is 20.4 Å². The highest BCUT2D eigenvalue weighted by atomic mass is 32.2. The SMILES string of the molecule is CCN(CC(=O)NC(C)C)C(=O)CSc1nnc(-c2ccc(C)cc2)o1. The lowest BCUT2D eigenvalue weighted by atomic mass is 10.1. The monoisotopic (exact) mass is 376 g/mol. The number of amides is 2. The number of nitrogens with one attached hydrogen (secondary N) is 1.